The summed E-state index contributed by atoms with van der Waals surface area (Å²) in [6.07, 6.45) is 7.17. The van der Waals surface area contributed by atoms with Crippen molar-refractivity contribution in [3.05, 3.63) is 62.0 Å². The number of carbonyl (C=O) groups excluding carboxylic acids is 1. The lowest BCUT2D eigenvalue weighted by molar-refractivity contribution is -0.144. The van der Waals surface area contributed by atoms with Crippen LogP contribution in [-0.4, -0.2) is 219 Å². The zero-order valence-corrected chi connectivity index (χ0v) is 51.8. The van der Waals surface area contributed by atoms with Crippen molar-refractivity contribution < 1.29 is 134 Å². The standard InChI is InChI=1S/C11H22O2.C8H14O4.C7H11F3O2.C7H14O2.C6H12O3.C5H7F3O2.C5H10O2.C4H8O2.C3H3F3O/c1-3-5-6-7-8-12-9-11(4-2)10-13-11;1-10-4-2-3-8(9)12-6-7-5-11-7;1-11-4-2-3-5-12-7(10)6(8)9;1-3-9-7-5-4-6-8-2;1-7-2-3-8-4-6-5-9-6;1-9-2-3-10-5(8)4(6)7;1-3-7-5-4-6-2;1-5-2-4-3-6-4;1-7-3(6)2(4)5/h3-10H2,1-2H3;7H,2-6H2,1H3;2-5H2,1H3;3H,1,4-7H2,2H3;6H,2-5H2,1H3;2-3H2,1H3;3H,1,4-5H2,2H3;4H,2-3H2,1H3;1H3. The minimum atomic E-state index is -2.45. The van der Waals surface area contributed by atoms with E-state index in [1.54, 1.807) is 35.5 Å². The number of carbonyl (C=O) groups is 1. The Morgan fingerprint density at radius 1 is 0.459 bits per heavy atom. The van der Waals surface area contributed by atoms with Gasteiger partial charge in [-0.05, 0) is 44.9 Å². The Labute approximate surface area is 498 Å². The molecule has 0 bridgehead atoms. The van der Waals surface area contributed by atoms with Crippen LogP contribution in [-0.2, 0) is 94.8 Å². The van der Waals surface area contributed by atoms with Crippen LogP contribution in [0.4, 0.5) is 39.5 Å². The Morgan fingerprint density at radius 2 is 0.882 bits per heavy atom. The van der Waals surface area contributed by atoms with Gasteiger partial charge in [0.1, 0.15) is 43.7 Å². The second-order valence-corrected chi connectivity index (χ2v) is 17.1. The number of hydrogen-bond donors (Lipinski definition) is 0. The topological polar surface area (TPSA) is 206 Å². The highest BCUT2D eigenvalue weighted by Crippen LogP contribution is 2.30. The molecule has 0 aliphatic carbocycles. The molecule has 4 rings (SSSR count). The highest BCUT2D eigenvalue weighted by Gasteiger charge is 2.43. The molecule has 20 nitrogen and oxygen atoms in total. The highest BCUT2D eigenvalue weighted by molar-refractivity contribution is 5.69. The third-order valence-corrected chi connectivity index (χ3v) is 9.77. The summed E-state index contributed by atoms with van der Waals surface area (Å²) < 4.78 is 191. The first kappa shape index (κ1) is 89.8. The van der Waals surface area contributed by atoms with Crippen molar-refractivity contribution in [2.45, 2.75) is 108 Å². The molecule has 0 saturated carbocycles. The fourth-order valence-electron chi connectivity index (χ4n) is 4.68. The van der Waals surface area contributed by atoms with Crippen LogP contribution in [0.5, 0.6) is 0 Å². The summed E-state index contributed by atoms with van der Waals surface area (Å²) in [5.41, 5.74) is 0.116. The molecule has 4 unspecified atom stereocenters. The number of hydrogen-bond acceptors (Lipinski definition) is 20. The molecule has 0 aromatic rings. The maximum atomic E-state index is 11.9. The maximum Gasteiger partial charge on any atom is 0.342 e. The van der Waals surface area contributed by atoms with Gasteiger partial charge in [-0.2, -0.15) is 39.5 Å². The summed E-state index contributed by atoms with van der Waals surface area (Å²) in [6.45, 7) is 23.3. The number of ether oxygens (including phenoxy) is 19. The molecule has 0 aromatic heterocycles. The SMILES string of the molecule is C=COCCCCOC.C=COCCOC.CCCCCCOCC1(CC)CO1.COC(F)=C(F)F.COCC1CO1.COCCCC(=O)OCC1CO1.COCCCCOC(F)=C(F)F.COCCOC(F)=C(F)F.COCCOCC1CO1. The summed E-state index contributed by atoms with van der Waals surface area (Å²) in [4.78, 5) is 10.9. The molecule has 508 valence electrons. The van der Waals surface area contributed by atoms with E-state index >= 15 is 0 Å². The van der Waals surface area contributed by atoms with E-state index in [1.807, 2.05) is 0 Å². The van der Waals surface area contributed by atoms with Crippen LogP contribution in [0.15, 0.2) is 62.0 Å². The predicted octanol–water partition coefficient (Wildman–Crippen LogP) is 11.4. The average Bonchev–Trinajstić information content (AvgIpc) is 4.45. The quantitative estimate of drug-likeness (QED) is 0.0183. The van der Waals surface area contributed by atoms with Gasteiger partial charge in [-0.1, -0.05) is 46.3 Å². The molecule has 0 N–H and O–H groups in total. The van der Waals surface area contributed by atoms with Crippen LogP contribution in [0.1, 0.15) is 84.5 Å². The Bertz CT molecular complexity index is 1530. The Kier molecular flexibility index (Phi) is 74.8. The Hall–Kier alpha value is -3.98. The monoisotopic (exact) mass is 1260 g/mol. The van der Waals surface area contributed by atoms with Gasteiger partial charge < -0.3 is 90.0 Å². The molecular weight excluding hydrogens is 1160 g/mol. The fraction of sp³-hybridized carbons (Fsp3) is 0.804. The van der Waals surface area contributed by atoms with E-state index in [-0.39, 0.29) is 37.5 Å². The average molecular weight is 1270 g/mol. The molecule has 29 heteroatoms. The normalized spacial score (nSPS) is 16.4. The Balaban J connectivity index is -0.000000285. The summed E-state index contributed by atoms with van der Waals surface area (Å²) in [5, 5.41) is 0. The fourth-order valence-corrected chi connectivity index (χ4v) is 4.68. The number of rotatable bonds is 42. The van der Waals surface area contributed by atoms with E-state index < -0.39 is 36.3 Å². The van der Waals surface area contributed by atoms with Gasteiger partial charge in [-0.3, -0.25) is 4.79 Å². The van der Waals surface area contributed by atoms with Gasteiger partial charge in [0, 0.05) is 82.6 Å². The molecule has 0 aromatic carbocycles. The molecule has 4 saturated heterocycles. The maximum absolute atomic E-state index is 11.9. The molecule has 4 aliphatic rings. The van der Waals surface area contributed by atoms with Gasteiger partial charge >= 0.3 is 42.3 Å². The number of epoxide rings is 4. The van der Waals surface area contributed by atoms with Crippen molar-refractivity contribution in [3.63, 3.8) is 0 Å². The first-order chi connectivity index (χ1) is 40.9. The van der Waals surface area contributed by atoms with Gasteiger partial charge in [-0.15, -0.1) is 0 Å². The van der Waals surface area contributed by atoms with Crippen molar-refractivity contribution >= 4 is 5.97 Å². The number of halogens is 9. The first-order valence-corrected chi connectivity index (χ1v) is 27.5. The van der Waals surface area contributed by atoms with Crippen molar-refractivity contribution in [2.75, 3.05) is 189 Å². The van der Waals surface area contributed by atoms with Gasteiger partial charge in [0.15, 0.2) is 0 Å². The molecule has 85 heavy (non-hydrogen) atoms. The van der Waals surface area contributed by atoms with Gasteiger partial charge in [0.25, 0.3) is 0 Å². The second-order valence-electron chi connectivity index (χ2n) is 17.1. The molecule has 0 spiro atoms. The van der Waals surface area contributed by atoms with Crippen LogP contribution in [0.3, 0.4) is 0 Å². The summed E-state index contributed by atoms with van der Waals surface area (Å²) in [7, 11) is 12.0. The summed E-state index contributed by atoms with van der Waals surface area (Å²) >= 11 is 0. The van der Waals surface area contributed by atoms with Crippen molar-refractivity contribution in [1.29, 1.82) is 0 Å². The van der Waals surface area contributed by atoms with Crippen LogP contribution in [0, 0.1) is 0 Å². The third kappa shape index (κ3) is 82.1. The van der Waals surface area contributed by atoms with Crippen molar-refractivity contribution in [2.24, 2.45) is 0 Å². The molecule has 4 atom stereocenters. The smallest absolute Gasteiger partial charge is 0.342 e. The lowest BCUT2D eigenvalue weighted by atomic mass is 10.1. The predicted molar refractivity (Wildman–Crippen MR) is 298 cm³/mol. The van der Waals surface area contributed by atoms with Crippen LogP contribution >= 0.6 is 0 Å². The summed E-state index contributed by atoms with van der Waals surface area (Å²) in [6, 6.07) is -5.44. The van der Waals surface area contributed by atoms with Gasteiger partial charge in [-0.25, -0.2) is 0 Å². The van der Waals surface area contributed by atoms with E-state index in [2.05, 4.69) is 55.4 Å². The lowest BCUT2D eigenvalue weighted by Crippen LogP contribution is -2.18. The van der Waals surface area contributed by atoms with Gasteiger partial charge in [0.2, 0.25) is 0 Å². The number of unbranched alkanes of at least 4 members (excludes halogenated alkanes) is 5. The molecule has 4 heterocycles. The number of methoxy groups -OCH3 is 8. The van der Waals surface area contributed by atoms with E-state index in [0.29, 0.717) is 77.7 Å². The molecule has 0 amide bonds. The molecule has 0 radical (unpaired) electrons. The zero-order chi connectivity index (χ0) is 65.0. The Morgan fingerprint density at radius 3 is 1.29 bits per heavy atom. The van der Waals surface area contributed by atoms with E-state index in [4.69, 9.17) is 61.6 Å². The van der Waals surface area contributed by atoms with Gasteiger partial charge in [0.05, 0.1) is 106 Å². The minimum absolute atomic E-state index is 0.0491. The second kappa shape index (κ2) is 70.8. The zero-order valence-electron chi connectivity index (χ0n) is 51.8. The largest absolute Gasteiger partial charge is 0.502 e. The van der Waals surface area contributed by atoms with Crippen LogP contribution in [0.25, 0.3) is 0 Å². The molecular formula is C56H101F9O20. The summed E-state index contributed by atoms with van der Waals surface area (Å²) in [5.74, 6) is -0.164. The lowest BCUT2D eigenvalue weighted by Gasteiger charge is -2.09. The highest BCUT2D eigenvalue weighted by atomic mass is 19.3. The van der Waals surface area contributed by atoms with Crippen LogP contribution < -0.4 is 0 Å². The number of esters is 1. The van der Waals surface area contributed by atoms with E-state index in [1.165, 1.54) is 52.4 Å². The van der Waals surface area contributed by atoms with E-state index in [0.717, 1.165) is 98.9 Å². The first-order valence-electron chi connectivity index (χ1n) is 27.5. The van der Waals surface area contributed by atoms with Crippen LogP contribution in [0.2, 0.25) is 0 Å². The minimum Gasteiger partial charge on any atom is -0.502 e. The van der Waals surface area contributed by atoms with Crippen molar-refractivity contribution in [3.8, 4) is 0 Å². The third-order valence-electron chi connectivity index (χ3n) is 9.77. The van der Waals surface area contributed by atoms with E-state index in [9.17, 15) is 44.3 Å². The van der Waals surface area contributed by atoms with Crippen molar-refractivity contribution in [1.82, 2.24) is 0 Å². The molecule has 4 fully saturated rings. The molecule has 4 aliphatic heterocycles.